The standard InChI is InChI=1S/C27H38O10/c1-25-7-5-14(29)9-13(25)3-4-15-16-6-8-27(35,26(16,2)10-17(30)20(15)25)19(31)12-36-24-23(34)22(33)21(32)18(11-28)37-24/h5,7,9,15-18,20-24,28,30,32-35H,3-4,6,8,10-12H2,1-2H3/t15-,16-,17?,18+,20+,21+,22-,23+,24+,25-,26-,27-/m0/s1. The lowest BCUT2D eigenvalue weighted by molar-refractivity contribution is -0.300. The predicted molar refractivity (Wildman–Crippen MR) is 128 cm³/mol. The van der Waals surface area contributed by atoms with Crippen LogP contribution < -0.4 is 0 Å². The van der Waals surface area contributed by atoms with Crippen LogP contribution in [0.4, 0.5) is 0 Å². The number of carbonyl (C=O) groups is 2. The van der Waals surface area contributed by atoms with Crippen LogP contribution in [0.2, 0.25) is 0 Å². The summed E-state index contributed by atoms with van der Waals surface area (Å²) in [6, 6.07) is 0. The maximum Gasteiger partial charge on any atom is 0.190 e. The van der Waals surface area contributed by atoms with E-state index in [9.17, 15) is 40.2 Å². The van der Waals surface area contributed by atoms with Crippen LogP contribution in [0.5, 0.6) is 0 Å². The smallest absolute Gasteiger partial charge is 0.190 e. The Balaban J connectivity index is 1.34. The zero-order chi connectivity index (χ0) is 26.9. The lowest BCUT2D eigenvalue weighted by Crippen LogP contribution is -2.62. The van der Waals surface area contributed by atoms with Crippen molar-refractivity contribution in [2.24, 2.45) is 28.6 Å². The topological polar surface area (TPSA) is 174 Å². The summed E-state index contributed by atoms with van der Waals surface area (Å²) in [5.74, 6) is -0.738. The van der Waals surface area contributed by atoms with E-state index in [0.717, 1.165) is 18.4 Å². The summed E-state index contributed by atoms with van der Waals surface area (Å²) in [7, 11) is 0. The van der Waals surface area contributed by atoms with Gasteiger partial charge in [0.05, 0.1) is 12.7 Å². The molecule has 12 atom stereocenters. The molecule has 206 valence electrons. The average molecular weight is 523 g/mol. The molecule has 10 heteroatoms. The van der Waals surface area contributed by atoms with Crippen molar-refractivity contribution in [1.82, 2.24) is 0 Å². The SMILES string of the molecule is C[C@]12C=CC(=O)C=C1CC[C@@H]1[C@@H]2C(O)C[C@@]2(C)[C@H]1CC[C@]2(O)C(=O)CO[C@@H]1O[C@H](CO)[C@@H](O)[C@H](O)[C@H]1O. The molecule has 3 saturated carbocycles. The number of ether oxygens (including phenoxy) is 2. The molecule has 1 aliphatic heterocycles. The Morgan fingerprint density at radius 2 is 1.86 bits per heavy atom. The number of hydrogen-bond donors (Lipinski definition) is 6. The van der Waals surface area contributed by atoms with Gasteiger partial charge in [0, 0.05) is 16.7 Å². The largest absolute Gasteiger partial charge is 0.394 e. The summed E-state index contributed by atoms with van der Waals surface area (Å²) in [6.45, 7) is 2.68. The van der Waals surface area contributed by atoms with Gasteiger partial charge in [-0.15, -0.1) is 0 Å². The quantitative estimate of drug-likeness (QED) is 0.273. The Kier molecular flexibility index (Phi) is 6.81. The first kappa shape index (κ1) is 27.1. The number of Topliss-reactive ketones (excluding diaryl/α,β-unsaturated/α-hetero) is 1. The van der Waals surface area contributed by atoms with E-state index in [2.05, 4.69) is 6.92 Å². The summed E-state index contributed by atoms with van der Waals surface area (Å²) in [5.41, 5.74) is -2.10. The van der Waals surface area contributed by atoms with Crippen LogP contribution in [-0.2, 0) is 19.1 Å². The maximum atomic E-state index is 13.5. The van der Waals surface area contributed by atoms with Crippen molar-refractivity contribution in [3.63, 3.8) is 0 Å². The third-order valence-corrected chi connectivity index (χ3v) is 10.3. The summed E-state index contributed by atoms with van der Waals surface area (Å²) < 4.78 is 10.8. The molecule has 0 radical (unpaired) electrons. The van der Waals surface area contributed by atoms with Crippen LogP contribution in [0.15, 0.2) is 23.8 Å². The maximum absolute atomic E-state index is 13.5. The third-order valence-electron chi connectivity index (χ3n) is 10.3. The fourth-order valence-electron chi connectivity index (χ4n) is 8.27. The highest BCUT2D eigenvalue weighted by molar-refractivity contribution is 6.01. The van der Waals surface area contributed by atoms with Crippen LogP contribution in [0, 0.1) is 28.6 Å². The summed E-state index contributed by atoms with van der Waals surface area (Å²) >= 11 is 0. The molecule has 1 saturated heterocycles. The molecule has 10 nitrogen and oxygen atoms in total. The molecule has 1 heterocycles. The van der Waals surface area contributed by atoms with E-state index in [1.54, 1.807) is 12.2 Å². The minimum atomic E-state index is -1.77. The average Bonchev–Trinajstić information content (AvgIpc) is 3.13. The lowest BCUT2D eigenvalue weighted by atomic mass is 9.46. The fourth-order valence-corrected chi connectivity index (χ4v) is 8.27. The Morgan fingerprint density at radius 1 is 1.14 bits per heavy atom. The fraction of sp³-hybridized carbons (Fsp3) is 0.778. The van der Waals surface area contributed by atoms with Crippen molar-refractivity contribution in [2.75, 3.05) is 13.2 Å². The first-order valence-corrected chi connectivity index (χ1v) is 13.2. The number of carbonyl (C=O) groups excluding carboxylic acids is 2. The molecular weight excluding hydrogens is 484 g/mol. The number of fused-ring (bicyclic) bond motifs is 5. The third kappa shape index (κ3) is 3.91. The highest BCUT2D eigenvalue weighted by Crippen LogP contribution is 2.67. The minimum Gasteiger partial charge on any atom is -0.394 e. The lowest BCUT2D eigenvalue weighted by Gasteiger charge is -2.59. The van der Waals surface area contributed by atoms with Crippen LogP contribution in [0.3, 0.4) is 0 Å². The number of allylic oxidation sites excluding steroid dienone is 4. The van der Waals surface area contributed by atoms with Crippen LogP contribution in [0.1, 0.15) is 46.0 Å². The first-order chi connectivity index (χ1) is 17.4. The molecule has 4 fully saturated rings. The van der Waals surface area contributed by atoms with Gasteiger partial charge in [0.2, 0.25) is 0 Å². The van der Waals surface area contributed by atoms with Gasteiger partial charge in [0.25, 0.3) is 0 Å². The van der Waals surface area contributed by atoms with Crippen molar-refractivity contribution in [3.8, 4) is 0 Å². The molecule has 0 aromatic rings. The molecule has 1 unspecified atom stereocenters. The Labute approximate surface area is 215 Å². The zero-order valence-corrected chi connectivity index (χ0v) is 21.2. The number of aliphatic hydroxyl groups is 6. The summed E-state index contributed by atoms with van der Waals surface area (Å²) in [4.78, 5) is 25.4. The first-order valence-electron chi connectivity index (χ1n) is 13.2. The van der Waals surface area contributed by atoms with E-state index in [4.69, 9.17) is 9.47 Å². The minimum absolute atomic E-state index is 0.0217. The highest BCUT2D eigenvalue weighted by atomic mass is 16.7. The Bertz CT molecular complexity index is 1010. The second kappa shape index (κ2) is 9.31. The molecule has 4 aliphatic carbocycles. The number of rotatable bonds is 5. The van der Waals surface area contributed by atoms with Crippen molar-refractivity contribution >= 4 is 11.6 Å². The van der Waals surface area contributed by atoms with Gasteiger partial charge in [0.1, 0.15) is 36.6 Å². The Hall–Kier alpha value is -1.50. The number of aliphatic hydroxyl groups excluding tert-OH is 5. The molecular formula is C27H38O10. The molecule has 0 aromatic heterocycles. The summed E-state index contributed by atoms with van der Waals surface area (Å²) in [5, 5.41) is 62.8. The second-order valence-corrected chi connectivity index (χ2v) is 12.0. The number of hydrogen-bond acceptors (Lipinski definition) is 10. The molecule has 0 bridgehead atoms. The van der Waals surface area contributed by atoms with Gasteiger partial charge in [-0.3, -0.25) is 9.59 Å². The van der Waals surface area contributed by atoms with E-state index in [0.29, 0.717) is 6.42 Å². The van der Waals surface area contributed by atoms with Crippen LogP contribution >= 0.6 is 0 Å². The van der Waals surface area contributed by atoms with E-state index >= 15 is 0 Å². The van der Waals surface area contributed by atoms with Crippen molar-refractivity contribution in [3.05, 3.63) is 23.8 Å². The van der Waals surface area contributed by atoms with E-state index in [-0.39, 0.29) is 36.4 Å². The number of ketones is 2. The van der Waals surface area contributed by atoms with Gasteiger partial charge < -0.3 is 40.1 Å². The van der Waals surface area contributed by atoms with Gasteiger partial charge in [-0.2, -0.15) is 0 Å². The zero-order valence-electron chi connectivity index (χ0n) is 21.2. The highest BCUT2D eigenvalue weighted by Gasteiger charge is 2.68. The molecule has 0 spiro atoms. The predicted octanol–water partition coefficient (Wildman–Crippen LogP) is -0.618. The van der Waals surface area contributed by atoms with E-state index in [1.807, 2.05) is 13.0 Å². The van der Waals surface area contributed by atoms with Gasteiger partial charge in [-0.1, -0.05) is 25.5 Å². The molecule has 6 N–H and O–H groups in total. The summed E-state index contributed by atoms with van der Waals surface area (Å²) in [6.07, 6.45) is -0.603. The molecule has 0 aromatic carbocycles. The molecule has 37 heavy (non-hydrogen) atoms. The molecule has 0 amide bonds. The van der Waals surface area contributed by atoms with Gasteiger partial charge in [-0.05, 0) is 56.1 Å². The van der Waals surface area contributed by atoms with Gasteiger partial charge in [-0.25, -0.2) is 0 Å². The van der Waals surface area contributed by atoms with Gasteiger partial charge in [0.15, 0.2) is 17.9 Å². The van der Waals surface area contributed by atoms with E-state index in [1.165, 1.54) is 0 Å². The Morgan fingerprint density at radius 3 is 2.57 bits per heavy atom. The monoisotopic (exact) mass is 522 g/mol. The van der Waals surface area contributed by atoms with E-state index < -0.39 is 72.2 Å². The van der Waals surface area contributed by atoms with Crippen LogP contribution in [0.25, 0.3) is 0 Å². The molecule has 5 aliphatic rings. The van der Waals surface area contributed by atoms with Gasteiger partial charge >= 0.3 is 0 Å². The van der Waals surface area contributed by atoms with Crippen LogP contribution in [-0.4, -0.2) is 97.8 Å². The second-order valence-electron chi connectivity index (χ2n) is 12.0. The van der Waals surface area contributed by atoms with Crippen molar-refractivity contribution < 1.29 is 49.7 Å². The molecule has 5 rings (SSSR count). The van der Waals surface area contributed by atoms with Crippen molar-refractivity contribution in [2.45, 2.75) is 88.4 Å². The normalized spacial score (nSPS) is 51.2. The van der Waals surface area contributed by atoms with Crippen molar-refractivity contribution in [1.29, 1.82) is 0 Å².